The van der Waals surface area contributed by atoms with Gasteiger partial charge in [0.25, 0.3) is 0 Å². The van der Waals surface area contributed by atoms with Gasteiger partial charge in [-0.3, -0.25) is 9.11 Å². The van der Waals surface area contributed by atoms with Crippen LogP contribution in [0.3, 0.4) is 0 Å². The number of hydrogen-bond acceptors (Lipinski definition) is 6. The molecule has 0 aliphatic carbocycles. The molecule has 6 rings (SSSR count). The number of nitrogens with zero attached hydrogens (tertiary/aromatic N) is 1. The second-order valence-electron chi connectivity index (χ2n) is 8.78. The van der Waals surface area contributed by atoms with Gasteiger partial charge in [0.05, 0.1) is 17.4 Å². The first kappa shape index (κ1) is 22.4. The molecule has 0 unspecified atom stereocenters. The summed E-state index contributed by atoms with van der Waals surface area (Å²) >= 11 is 0. The van der Waals surface area contributed by atoms with Crippen LogP contribution in [-0.2, 0) is 36.3 Å². The molecule has 3 heterocycles. The van der Waals surface area contributed by atoms with Crippen LogP contribution in [0.4, 0.5) is 4.79 Å². The topological polar surface area (TPSA) is 74.3 Å². The van der Waals surface area contributed by atoms with Gasteiger partial charge in [0.15, 0.2) is 17.8 Å². The van der Waals surface area contributed by atoms with E-state index < -0.39 is 53.0 Å². The minimum atomic E-state index is -1.54. The van der Waals surface area contributed by atoms with Gasteiger partial charge in [0.2, 0.25) is 0 Å². The molecular weight excluding hydrogens is 466 g/mol. The average molecular weight is 492 g/mol. The predicted octanol–water partition coefficient (Wildman–Crippen LogP) is 4.02. The molecule has 3 aromatic carbocycles. The van der Waals surface area contributed by atoms with E-state index in [1.165, 1.54) is 0 Å². The van der Waals surface area contributed by atoms with Crippen LogP contribution in [0.2, 0.25) is 0 Å². The molecule has 0 saturated carbocycles. The van der Waals surface area contributed by atoms with Crippen molar-refractivity contribution in [2.45, 2.75) is 47.5 Å². The third-order valence-corrected chi connectivity index (χ3v) is 8.14. The molecule has 7 atom stereocenters. The van der Waals surface area contributed by atoms with Crippen LogP contribution in [0.1, 0.15) is 17.4 Å². The average Bonchev–Trinajstić information content (AvgIpc) is 3.25. The number of rotatable bonds is 5. The second-order valence-corrected chi connectivity index (χ2v) is 10.3. The molecule has 180 valence electrons. The Morgan fingerprint density at radius 1 is 0.829 bits per heavy atom. The van der Waals surface area contributed by atoms with E-state index in [-0.39, 0.29) is 6.61 Å². The van der Waals surface area contributed by atoms with Crippen LogP contribution in [0.25, 0.3) is 0 Å². The van der Waals surface area contributed by atoms with Crippen molar-refractivity contribution in [3.63, 3.8) is 0 Å². The number of fused-ring (bicyclic) bond motifs is 3. The Morgan fingerprint density at radius 2 is 1.49 bits per heavy atom. The maximum Gasteiger partial charge on any atom is 0.411 e. The van der Waals surface area contributed by atoms with Crippen LogP contribution in [-0.4, -0.2) is 51.6 Å². The SMILES string of the molecule is O=C1O[C@H]2[C@@H]3O[C@H](c4ccccc4)OC[C@H]3O[C@@H]([S@](=O)c3ccccc3)[C@@H]2N1Cc1ccccc1. The highest BCUT2D eigenvalue weighted by Crippen LogP contribution is 2.42. The minimum Gasteiger partial charge on any atom is -0.441 e. The van der Waals surface area contributed by atoms with Gasteiger partial charge in [-0.2, -0.15) is 0 Å². The number of hydrogen-bond donors (Lipinski definition) is 0. The van der Waals surface area contributed by atoms with E-state index in [1.54, 1.807) is 17.0 Å². The Morgan fingerprint density at radius 3 is 2.20 bits per heavy atom. The third-order valence-electron chi connectivity index (χ3n) is 6.59. The zero-order valence-corrected chi connectivity index (χ0v) is 19.7. The van der Waals surface area contributed by atoms with E-state index in [2.05, 4.69) is 0 Å². The summed E-state index contributed by atoms with van der Waals surface area (Å²) in [4.78, 5) is 15.4. The molecule has 7 nitrogen and oxygen atoms in total. The first-order chi connectivity index (χ1) is 17.2. The van der Waals surface area contributed by atoms with Crippen LogP contribution >= 0.6 is 0 Å². The molecule has 8 heteroatoms. The van der Waals surface area contributed by atoms with Crippen molar-refractivity contribution in [1.29, 1.82) is 0 Å². The first-order valence-electron chi connectivity index (χ1n) is 11.6. The zero-order chi connectivity index (χ0) is 23.8. The fourth-order valence-corrected chi connectivity index (χ4v) is 6.41. The van der Waals surface area contributed by atoms with Crippen LogP contribution in [0, 0.1) is 0 Å². The number of amides is 1. The largest absolute Gasteiger partial charge is 0.441 e. The van der Waals surface area contributed by atoms with Gasteiger partial charge in [-0.05, 0) is 17.7 Å². The van der Waals surface area contributed by atoms with E-state index in [0.717, 1.165) is 11.1 Å². The van der Waals surface area contributed by atoms with Crippen LogP contribution in [0.5, 0.6) is 0 Å². The van der Waals surface area contributed by atoms with Gasteiger partial charge in [-0.15, -0.1) is 0 Å². The molecule has 3 aliphatic rings. The Labute approximate surface area is 206 Å². The molecule has 0 aromatic heterocycles. The molecule has 3 fully saturated rings. The summed E-state index contributed by atoms with van der Waals surface area (Å²) in [6.07, 6.45) is -2.77. The van der Waals surface area contributed by atoms with E-state index >= 15 is 0 Å². The van der Waals surface area contributed by atoms with Gasteiger partial charge in [0, 0.05) is 17.0 Å². The second kappa shape index (κ2) is 9.54. The van der Waals surface area contributed by atoms with Crippen molar-refractivity contribution in [3.05, 3.63) is 102 Å². The Bertz CT molecular complexity index is 1190. The number of benzene rings is 3. The summed E-state index contributed by atoms with van der Waals surface area (Å²) in [5, 5.41) is 0. The lowest BCUT2D eigenvalue weighted by Crippen LogP contribution is -2.63. The highest BCUT2D eigenvalue weighted by atomic mass is 32.2. The summed E-state index contributed by atoms with van der Waals surface area (Å²) in [5.74, 6) is 0. The zero-order valence-electron chi connectivity index (χ0n) is 18.8. The summed E-state index contributed by atoms with van der Waals surface area (Å²) < 4.78 is 38.3. The molecule has 3 aliphatic heterocycles. The van der Waals surface area contributed by atoms with Crippen molar-refractivity contribution >= 4 is 16.9 Å². The standard InChI is InChI=1S/C27H25NO6S/c29-27-28(16-18-10-4-1-5-11-18)22-24(34-27)23-21(17-31-25(33-23)19-12-6-2-7-13-19)32-26(22)35(30)20-14-8-3-9-15-20/h1-15,21-26H,16-17H2/t21-,22-,23-,24-,25-,26+,35-/m1/s1. The molecule has 0 bridgehead atoms. The normalized spacial score (nSPS) is 30.7. The molecule has 3 aromatic rings. The first-order valence-corrected chi connectivity index (χ1v) is 12.8. The van der Waals surface area contributed by atoms with Crippen LogP contribution < -0.4 is 0 Å². The van der Waals surface area contributed by atoms with Gasteiger partial charge in [-0.1, -0.05) is 78.9 Å². The summed E-state index contributed by atoms with van der Waals surface area (Å²) in [6.45, 7) is 0.564. The molecule has 0 spiro atoms. The van der Waals surface area contributed by atoms with Gasteiger partial charge in [0.1, 0.15) is 18.2 Å². The van der Waals surface area contributed by atoms with Crippen molar-refractivity contribution in [1.82, 2.24) is 4.90 Å². The molecular formula is C27H25NO6S. The summed E-state index contributed by atoms with van der Waals surface area (Å²) in [5.41, 5.74) is 1.04. The quantitative estimate of drug-likeness (QED) is 0.537. The van der Waals surface area contributed by atoms with Crippen molar-refractivity contribution < 1.29 is 28.0 Å². The lowest BCUT2D eigenvalue weighted by atomic mass is 9.96. The lowest BCUT2D eigenvalue weighted by Gasteiger charge is -2.46. The summed E-state index contributed by atoms with van der Waals surface area (Å²) in [7, 11) is -1.54. The van der Waals surface area contributed by atoms with Gasteiger partial charge < -0.3 is 18.9 Å². The molecule has 35 heavy (non-hydrogen) atoms. The van der Waals surface area contributed by atoms with Gasteiger partial charge in [-0.25, -0.2) is 4.79 Å². The Hall–Kier alpha value is -3.04. The van der Waals surface area contributed by atoms with Gasteiger partial charge >= 0.3 is 6.09 Å². The fraction of sp³-hybridized carbons (Fsp3) is 0.296. The van der Waals surface area contributed by atoms with E-state index in [0.29, 0.717) is 11.4 Å². The predicted molar refractivity (Wildman–Crippen MR) is 128 cm³/mol. The highest BCUT2D eigenvalue weighted by Gasteiger charge is 2.60. The maximum atomic E-state index is 13.7. The number of carbonyl (C=O) groups excluding carboxylic acids is 1. The summed E-state index contributed by atoms with van der Waals surface area (Å²) in [6, 6.07) is 27.9. The maximum absolute atomic E-state index is 13.7. The van der Waals surface area contributed by atoms with Crippen molar-refractivity contribution in [2.24, 2.45) is 0 Å². The van der Waals surface area contributed by atoms with Crippen molar-refractivity contribution in [3.8, 4) is 0 Å². The minimum absolute atomic E-state index is 0.242. The molecule has 0 N–H and O–H groups in total. The number of ether oxygens (including phenoxy) is 4. The van der Waals surface area contributed by atoms with Crippen molar-refractivity contribution in [2.75, 3.05) is 6.61 Å². The molecule has 3 saturated heterocycles. The monoisotopic (exact) mass is 491 g/mol. The fourth-order valence-electron chi connectivity index (χ4n) is 4.92. The van der Waals surface area contributed by atoms with E-state index in [1.807, 2.05) is 78.9 Å². The molecule has 1 amide bonds. The number of carbonyl (C=O) groups is 1. The Kier molecular flexibility index (Phi) is 6.12. The lowest BCUT2D eigenvalue weighted by molar-refractivity contribution is -0.303. The van der Waals surface area contributed by atoms with E-state index in [4.69, 9.17) is 18.9 Å². The molecule has 0 radical (unpaired) electrons. The van der Waals surface area contributed by atoms with E-state index in [9.17, 15) is 9.00 Å². The van der Waals surface area contributed by atoms with Crippen LogP contribution in [0.15, 0.2) is 95.9 Å². The smallest absolute Gasteiger partial charge is 0.411 e. The Balaban J connectivity index is 1.34. The third kappa shape index (κ3) is 4.27. The highest BCUT2D eigenvalue weighted by molar-refractivity contribution is 7.85.